The highest BCUT2D eigenvalue weighted by Gasteiger charge is 2.27. The maximum Gasteiger partial charge on any atom is 0.348 e. The third-order valence-electron chi connectivity index (χ3n) is 1.07. The first-order valence-electron chi connectivity index (χ1n) is 2.59. The van der Waals surface area contributed by atoms with Crippen LogP contribution in [0.2, 0.25) is 0 Å². The fraction of sp³-hybridized carbons (Fsp3) is 0.400. The van der Waals surface area contributed by atoms with Crippen molar-refractivity contribution in [1.82, 2.24) is 0 Å². The first-order valence-corrected chi connectivity index (χ1v) is 2.59. The van der Waals surface area contributed by atoms with Gasteiger partial charge in [-0.05, 0) is 0 Å². The Hall–Kier alpha value is -1.57. The van der Waals surface area contributed by atoms with Crippen LogP contribution < -0.4 is 0 Å². The molecule has 0 aromatic rings. The number of oxime groups is 1. The standard InChI is InChI=1S/C5H4N2O3/c6-2-3-1-4(5(8)9)10-7-3/h4H,1H2,(H,8,9). The number of nitrogens with zero attached hydrogens (tertiary/aromatic N) is 2. The zero-order valence-corrected chi connectivity index (χ0v) is 4.94. The number of carboxylic acids is 1. The summed E-state index contributed by atoms with van der Waals surface area (Å²) in [6, 6.07) is 1.71. The summed E-state index contributed by atoms with van der Waals surface area (Å²) < 4.78 is 0. The topological polar surface area (TPSA) is 82.7 Å². The van der Waals surface area contributed by atoms with Crippen LogP contribution in [0.1, 0.15) is 6.42 Å². The van der Waals surface area contributed by atoms with Gasteiger partial charge in [-0.15, -0.1) is 0 Å². The van der Waals surface area contributed by atoms with Crippen LogP contribution in [0, 0.1) is 11.3 Å². The second kappa shape index (κ2) is 2.35. The van der Waals surface area contributed by atoms with E-state index in [1.165, 1.54) is 0 Å². The van der Waals surface area contributed by atoms with Crippen LogP contribution in [0.5, 0.6) is 0 Å². The maximum atomic E-state index is 10.2. The smallest absolute Gasteiger partial charge is 0.348 e. The third kappa shape index (κ3) is 1.05. The minimum Gasteiger partial charge on any atom is -0.478 e. The first-order chi connectivity index (χ1) is 4.74. The lowest BCUT2D eigenvalue weighted by molar-refractivity contribution is -0.148. The van der Waals surface area contributed by atoms with Crippen molar-refractivity contribution in [2.24, 2.45) is 5.16 Å². The summed E-state index contributed by atoms with van der Waals surface area (Å²) >= 11 is 0. The van der Waals surface area contributed by atoms with Crippen LogP contribution in [0.3, 0.4) is 0 Å². The lowest BCUT2D eigenvalue weighted by Crippen LogP contribution is -2.19. The SMILES string of the molecule is N#CC1=NOC(C(=O)O)C1. The summed E-state index contributed by atoms with van der Waals surface area (Å²) in [5.41, 5.74) is 0.132. The Kier molecular flexibility index (Phi) is 1.54. The van der Waals surface area contributed by atoms with E-state index in [0.29, 0.717) is 0 Å². The Balaban J connectivity index is 2.54. The van der Waals surface area contributed by atoms with Gasteiger partial charge in [0, 0.05) is 0 Å². The van der Waals surface area contributed by atoms with Gasteiger partial charge >= 0.3 is 5.97 Å². The van der Waals surface area contributed by atoms with E-state index in [9.17, 15) is 4.79 Å². The van der Waals surface area contributed by atoms with Crippen LogP contribution in [-0.2, 0) is 9.63 Å². The second-order valence-corrected chi connectivity index (χ2v) is 1.79. The predicted octanol–water partition coefficient (Wildman–Crippen LogP) is -0.261. The van der Waals surface area contributed by atoms with Gasteiger partial charge in [-0.25, -0.2) is 4.79 Å². The van der Waals surface area contributed by atoms with Crippen LogP contribution in [0.4, 0.5) is 0 Å². The molecule has 1 heterocycles. The fourth-order valence-corrected chi connectivity index (χ4v) is 0.576. The molecule has 5 nitrogen and oxygen atoms in total. The van der Waals surface area contributed by atoms with E-state index in [-0.39, 0.29) is 12.1 Å². The summed E-state index contributed by atoms with van der Waals surface area (Å²) in [6.07, 6.45) is -0.888. The molecule has 0 spiro atoms. The van der Waals surface area contributed by atoms with Crippen LogP contribution in [0.15, 0.2) is 5.16 Å². The molecule has 0 saturated carbocycles. The van der Waals surface area contributed by atoms with Gasteiger partial charge in [0.2, 0.25) is 6.10 Å². The zero-order chi connectivity index (χ0) is 7.56. The summed E-state index contributed by atoms with van der Waals surface area (Å²) in [5, 5.41) is 19.8. The Morgan fingerprint density at radius 2 is 2.70 bits per heavy atom. The highest BCUT2D eigenvalue weighted by molar-refractivity contribution is 6.01. The largest absolute Gasteiger partial charge is 0.478 e. The molecule has 0 aromatic heterocycles. The van der Waals surface area contributed by atoms with Crippen molar-refractivity contribution in [2.75, 3.05) is 0 Å². The van der Waals surface area contributed by atoms with Gasteiger partial charge in [-0.2, -0.15) is 5.26 Å². The minimum absolute atomic E-state index is 0.0752. The van der Waals surface area contributed by atoms with E-state index in [0.717, 1.165) is 0 Å². The highest BCUT2D eigenvalue weighted by Crippen LogP contribution is 2.09. The number of carboxylic acid groups (broad SMARTS) is 1. The van der Waals surface area contributed by atoms with E-state index < -0.39 is 12.1 Å². The number of rotatable bonds is 1. The van der Waals surface area contributed by atoms with Crippen molar-refractivity contribution in [3.05, 3.63) is 0 Å². The molecule has 0 aromatic carbocycles. The van der Waals surface area contributed by atoms with Gasteiger partial charge in [0.1, 0.15) is 6.07 Å². The monoisotopic (exact) mass is 140 g/mol. The minimum atomic E-state index is -1.09. The third-order valence-corrected chi connectivity index (χ3v) is 1.07. The summed E-state index contributed by atoms with van der Waals surface area (Å²) in [4.78, 5) is 14.5. The lowest BCUT2D eigenvalue weighted by atomic mass is 10.2. The molecular formula is C5H4N2O3. The summed E-state index contributed by atoms with van der Waals surface area (Å²) in [6.45, 7) is 0. The first kappa shape index (κ1) is 6.55. The zero-order valence-electron chi connectivity index (χ0n) is 4.94. The van der Waals surface area contributed by atoms with Crippen molar-refractivity contribution in [1.29, 1.82) is 5.26 Å². The molecule has 1 aliphatic heterocycles. The molecule has 5 heteroatoms. The molecule has 0 saturated heterocycles. The van der Waals surface area contributed by atoms with E-state index >= 15 is 0 Å². The van der Waals surface area contributed by atoms with Crippen LogP contribution in [-0.4, -0.2) is 22.9 Å². The molecule has 1 aliphatic rings. The average Bonchev–Trinajstić information content (AvgIpc) is 2.34. The van der Waals surface area contributed by atoms with Crippen molar-refractivity contribution in [2.45, 2.75) is 12.5 Å². The number of carbonyl (C=O) groups is 1. The van der Waals surface area contributed by atoms with Crippen molar-refractivity contribution in [3.8, 4) is 6.07 Å². The van der Waals surface area contributed by atoms with E-state index in [1.807, 2.05) is 0 Å². The summed E-state index contributed by atoms with van der Waals surface area (Å²) in [5.74, 6) is -1.09. The second-order valence-electron chi connectivity index (χ2n) is 1.79. The predicted molar refractivity (Wildman–Crippen MR) is 30.2 cm³/mol. The molecule has 1 unspecified atom stereocenters. The Bertz CT molecular complexity index is 228. The molecule has 1 atom stereocenters. The quantitative estimate of drug-likeness (QED) is 0.543. The molecular weight excluding hydrogens is 136 g/mol. The van der Waals surface area contributed by atoms with Crippen LogP contribution in [0.25, 0.3) is 0 Å². The Morgan fingerprint density at radius 1 is 2.00 bits per heavy atom. The Labute approximate surface area is 56.5 Å². The van der Waals surface area contributed by atoms with Gasteiger partial charge < -0.3 is 9.94 Å². The van der Waals surface area contributed by atoms with Gasteiger partial charge in [0.15, 0.2) is 5.71 Å². The maximum absolute atomic E-state index is 10.2. The Morgan fingerprint density at radius 3 is 3.00 bits per heavy atom. The lowest BCUT2D eigenvalue weighted by Gasteiger charge is -1.97. The highest BCUT2D eigenvalue weighted by atomic mass is 16.7. The van der Waals surface area contributed by atoms with Crippen molar-refractivity contribution in [3.63, 3.8) is 0 Å². The number of aliphatic carboxylic acids is 1. The molecule has 0 fully saturated rings. The van der Waals surface area contributed by atoms with E-state index in [4.69, 9.17) is 10.4 Å². The van der Waals surface area contributed by atoms with Crippen molar-refractivity contribution >= 4 is 11.7 Å². The van der Waals surface area contributed by atoms with E-state index in [2.05, 4.69) is 9.99 Å². The molecule has 0 amide bonds. The average molecular weight is 140 g/mol. The number of hydrogen-bond acceptors (Lipinski definition) is 4. The number of hydrogen-bond donors (Lipinski definition) is 1. The molecule has 0 radical (unpaired) electrons. The van der Waals surface area contributed by atoms with Crippen LogP contribution >= 0.6 is 0 Å². The molecule has 0 aliphatic carbocycles. The van der Waals surface area contributed by atoms with Gasteiger partial charge in [0.05, 0.1) is 6.42 Å². The van der Waals surface area contributed by atoms with Gasteiger partial charge in [-0.1, -0.05) is 5.16 Å². The molecule has 0 bridgehead atoms. The summed E-state index contributed by atoms with van der Waals surface area (Å²) in [7, 11) is 0. The molecule has 10 heavy (non-hydrogen) atoms. The van der Waals surface area contributed by atoms with Gasteiger partial charge in [0.25, 0.3) is 0 Å². The molecule has 52 valence electrons. The molecule has 1 N–H and O–H groups in total. The van der Waals surface area contributed by atoms with Crippen molar-refractivity contribution < 1.29 is 14.7 Å². The normalized spacial score (nSPS) is 22.7. The number of nitriles is 1. The fourth-order valence-electron chi connectivity index (χ4n) is 0.576. The van der Waals surface area contributed by atoms with Gasteiger partial charge in [-0.3, -0.25) is 0 Å². The molecule has 1 rings (SSSR count). The van der Waals surface area contributed by atoms with E-state index in [1.54, 1.807) is 6.07 Å².